The lowest BCUT2D eigenvalue weighted by Crippen LogP contribution is -2.48. The Morgan fingerprint density at radius 2 is 0.901 bits per heavy atom. The van der Waals surface area contributed by atoms with Gasteiger partial charge in [-0.25, -0.2) is 0 Å². The van der Waals surface area contributed by atoms with Gasteiger partial charge in [-0.1, -0.05) is 226 Å². The zero-order valence-electron chi connectivity index (χ0n) is 49.5. The minimum atomic E-state index is -2.22. The van der Waals surface area contributed by atoms with E-state index in [1.807, 2.05) is 0 Å². The number of benzene rings is 3. The van der Waals surface area contributed by atoms with E-state index in [-0.39, 0.29) is 45.3 Å². The molecule has 9 heteroatoms. The van der Waals surface area contributed by atoms with E-state index in [4.69, 9.17) is 22.4 Å². The molecule has 0 fully saturated rings. The van der Waals surface area contributed by atoms with Gasteiger partial charge in [0.1, 0.15) is 5.60 Å². The van der Waals surface area contributed by atoms with Crippen LogP contribution < -0.4 is 0 Å². The fraction of sp³-hybridized carbons (Fsp3) is 0.645. The highest BCUT2D eigenvalue weighted by molar-refractivity contribution is 6.75. The molecule has 0 unspecified atom stereocenters. The molecule has 0 spiro atoms. The first-order chi connectivity index (χ1) is 32.8. The summed E-state index contributed by atoms with van der Waals surface area (Å²) in [6.07, 6.45) is 11.1. The topological polar surface area (TPSA) is 46.2 Å². The minimum Gasteiger partial charge on any atom is -0.417 e. The van der Waals surface area contributed by atoms with E-state index >= 15 is 0 Å². The zero-order valence-corrected chi connectivity index (χ0v) is 53.5. The number of hydrogen-bond donors (Lipinski definition) is 0. The Morgan fingerprint density at radius 1 is 0.493 bits per heavy atom. The van der Waals surface area contributed by atoms with Gasteiger partial charge in [-0.15, -0.1) is 0 Å². The summed E-state index contributed by atoms with van der Waals surface area (Å²) in [5, 5.41) is 0.180. The number of ether oxygens (including phenoxy) is 1. The highest BCUT2D eigenvalue weighted by atomic mass is 28.4. The third-order valence-electron chi connectivity index (χ3n) is 17.3. The maximum absolute atomic E-state index is 7.53. The SMILES string of the molecule is CC[Si](CC)(CC)OC[C@@H](C)C[C@H](C)[C@@H](O[Si](C)(C)C(C)(C)C)[C@@H](C)/C=C\[C@H](C[C@H](O[Si](C)(C)C(C)(C)C)[C@H](C)/C=C/COC(c1ccccc1)(c1ccccc1)c1ccccc1)O[Si](C)(C)C(C)(C)C. The number of hydrogen-bond acceptors (Lipinski definition) is 5. The van der Waals surface area contributed by atoms with Crippen LogP contribution in [-0.4, -0.2) is 64.8 Å². The van der Waals surface area contributed by atoms with Crippen LogP contribution in [0.1, 0.15) is 140 Å². The summed E-state index contributed by atoms with van der Waals surface area (Å²) in [5.41, 5.74) is 2.51. The van der Waals surface area contributed by atoms with E-state index in [2.05, 4.69) is 265 Å². The van der Waals surface area contributed by atoms with Gasteiger partial charge in [-0.05, 0) is 119 Å². The molecule has 0 bridgehead atoms. The number of rotatable bonds is 28. The van der Waals surface area contributed by atoms with Crippen molar-refractivity contribution in [1.82, 2.24) is 0 Å². The average Bonchev–Trinajstić information content (AvgIpc) is 3.30. The minimum absolute atomic E-state index is 0.0402. The second kappa shape index (κ2) is 26.5. The Morgan fingerprint density at radius 3 is 1.31 bits per heavy atom. The molecule has 0 radical (unpaired) electrons. The molecule has 0 heterocycles. The molecular formula is C62H106O5Si4. The molecule has 0 aliphatic carbocycles. The Labute approximate surface area is 442 Å². The van der Waals surface area contributed by atoms with Crippen molar-refractivity contribution >= 4 is 33.3 Å². The summed E-state index contributed by atoms with van der Waals surface area (Å²) in [6, 6.07) is 35.5. The summed E-state index contributed by atoms with van der Waals surface area (Å²) in [4.78, 5) is 0. The predicted octanol–water partition coefficient (Wildman–Crippen LogP) is 18.6. The zero-order chi connectivity index (χ0) is 53.7. The smallest absolute Gasteiger partial charge is 0.192 e. The van der Waals surface area contributed by atoms with E-state index in [1.165, 1.54) is 18.1 Å². The van der Waals surface area contributed by atoms with E-state index < -0.39 is 38.9 Å². The van der Waals surface area contributed by atoms with Crippen molar-refractivity contribution in [3.63, 3.8) is 0 Å². The molecule has 71 heavy (non-hydrogen) atoms. The molecule has 3 aromatic rings. The lowest BCUT2D eigenvalue weighted by molar-refractivity contribution is 0.0314. The summed E-state index contributed by atoms with van der Waals surface area (Å²) in [7, 11) is -8.23. The quantitative estimate of drug-likeness (QED) is 0.0412. The van der Waals surface area contributed by atoms with Gasteiger partial charge < -0.3 is 22.4 Å². The van der Waals surface area contributed by atoms with Crippen molar-refractivity contribution in [2.45, 2.75) is 220 Å². The third-order valence-corrected chi connectivity index (χ3v) is 35.4. The molecule has 3 aromatic carbocycles. The van der Waals surface area contributed by atoms with Crippen molar-refractivity contribution in [3.8, 4) is 0 Å². The van der Waals surface area contributed by atoms with Crippen LogP contribution >= 0.6 is 0 Å². The highest BCUT2D eigenvalue weighted by Gasteiger charge is 2.45. The molecule has 3 rings (SSSR count). The van der Waals surface area contributed by atoms with Gasteiger partial charge in [-0.2, -0.15) is 0 Å². The molecule has 0 amide bonds. The molecule has 0 N–H and O–H groups in total. The Bertz CT molecular complexity index is 1920. The van der Waals surface area contributed by atoms with Crippen LogP contribution in [0, 0.1) is 23.7 Å². The van der Waals surface area contributed by atoms with Crippen molar-refractivity contribution in [1.29, 1.82) is 0 Å². The average molecular weight is 1040 g/mol. The maximum atomic E-state index is 7.53. The van der Waals surface area contributed by atoms with Crippen LogP contribution in [0.2, 0.25) is 72.5 Å². The first-order valence-corrected chi connectivity index (χ1v) is 38.9. The van der Waals surface area contributed by atoms with Crippen LogP contribution in [-0.2, 0) is 28.0 Å². The molecule has 400 valence electrons. The van der Waals surface area contributed by atoms with Crippen LogP contribution in [0.25, 0.3) is 0 Å². The van der Waals surface area contributed by atoms with Crippen molar-refractivity contribution < 1.29 is 22.4 Å². The monoisotopic (exact) mass is 1040 g/mol. The first kappa shape index (κ1) is 63.1. The van der Waals surface area contributed by atoms with Gasteiger partial charge >= 0.3 is 0 Å². The molecular weight excluding hydrogens is 937 g/mol. The van der Waals surface area contributed by atoms with Crippen LogP contribution in [0.4, 0.5) is 0 Å². The van der Waals surface area contributed by atoms with Gasteiger partial charge in [0.2, 0.25) is 0 Å². The second-order valence-corrected chi connectivity index (χ2v) is 45.0. The van der Waals surface area contributed by atoms with Gasteiger partial charge in [0, 0.05) is 13.0 Å². The Hall–Kier alpha value is -2.19. The fourth-order valence-corrected chi connectivity index (χ4v) is 16.0. The molecule has 0 saturated carbocycles. The van der Waals surface area contributed by atoms with E-state index in [0.717, 1.165) is 36.1 Å². The summed E-state index contributed by atoms with van der Waals surface area (Å²) >= 11 is 0. The lowest BCUT2D eigenvalue weighted by Gasteiger charge is -2.44. The molecule has 0 aromatic heterocycles. The standard InChI is InChI=1S/C62H106O5Si4/c1-23-71(24-2,25-3)64-48-49(4)46-52(7)58(67-70(21,22)61(14,15)16)51(6)43-44-56(65-68(17,18)59(8,9)10)47-57(66-69(19,20)60(11,12)13)50(5)36-35-45-63-62(53-37-29-26-30-38-53,54-39-31-27-32-40-54)55-41-33-28-34-42-55/h26-44,49-52,56-58H,23-25,45-48H2,1-22H3/b36-35+,44-43-/t49-,50+,51-,52-,56+,57-,58-/m0/s1. The third kappa shape index (κ3) is 17.4. The molecule has 5 nitrogen and oxygen atoms in total. The Kier molecular flexibility index (Phi) is 23.6. The van der Waals surface area contributed by atoms with Gasteiger partial charge in [0.25, 0.3) is 0 Å². The summed E-state index contributed by atoms with van der Waals surface area (Å²) < 4.78 is 36.6. The van der Waals surface area contributed by atoms with Crippen LogP contribution in [0.3, 0.4) is 0 Å². The Balaban J connectivity index is 2.08. The lowest BCUT2D eigenvalue weighted by atomic mass is 9.80. The van der Waals surface area contributed by atoms with Crippen LogP contribution in [0.5, 0.6) is 0 Å². The molecule has 7 atom stereocenters. The van der Waals surface area contributed by atoms with Gasteiger partial charge in [-0.3, -0.25) is 0 Å². The second-order valence-electron chi connectivity index (χ2n) is 25.9. The van der Waals surface area contributed by atoms with E-state index in [9.17, 15) is 0 Å². The maximum Gasteiger partial charge on any atom is 0.192 e. The normalized spacial score (nSPS) is 17.0. The highest BCUT2D eigenvalue weighted by Crippen LogP contribution is 2.44. The van der Waals surface area contributed by atoms with Crippen LogP contribution in [0.15, 0.2) is 115 Å². The summed E-state index contributed by atoms with van der Waals surface area (Å²) in [5.74, 6) is 1.09. The van der Waals surface area contributed by atoms with E-state index in [0.29, 0.717) is 18.4 Å². The first-order valence-electron chi connectivity index (χ1n) is 27.6. The fourth-order valence-electron chi connectivity index (χ4n) is 9.09. The summed E-state index contributed by atoms with van der Waals surface area (Å²) in [6.45, 7) is 53.3. The van der Waals surface area contributed by atoms with Crippen molar-refractivity contribution in [2.24, 2.45) is 23.7 Å². The molecule has 0 saturated heterocycles. The van der Waals surface area contributed by atoms with Crippen molar-refractivity contribution in [3.05, 3.63) is 132 Å². The van der Waals surface area contributed by atoms with E-state index in [1.54, 1.807) is 0 Å². The predicted molar refractivity (Wildman–Crippen MR) is 319 cm³/mol. The van der Waals surface area contributed by atoms with Gasteiger partial charge in [0.05, 0.1) is 24.9 Å². The largest absolute Gasteiger partial charge is 0.417 e. The molecule has 0 aliphatic heterocycles. The van der Waals surface area contributed by atoms with Gasteiger partial charge in [0.15, 0.2) is 33.3 Å². The molecule has 0 aliphatic rings. The van der Waals surface area contributed by atoms with Crippen molar-refractivity contribution in [2.75, 3.05) is 13.2 Å².